The van der Waals surface area contributed by atoms with Crippen LogP contribution in [0.1, 0.15) is 25.7 Å². The largest absolute Gasteiger partial charge is 0.316 e. The first-order chi connectivity index (χ1) is 4.93. The van der Waals surface area contributed by atoms with Crippen LogP contribution in [-0.4, -0.2) is 19.4 Å². The highest BCUT2D eigenvalue weighted by atomic mass is 16.1. The molecule has 2 nitrogen and oxygen atoms in total. The predicted molar refractivity (Wildman–Crippen MR) is 40.5 cm³/mol. The van der Waals surface area contributed by atoms with Crippen LogP contribution in [-0.2, 0) is 4.79 Å². The monoisotopic (exact) mass is 140 g/mol. The van der Waals surface area contributed by atoms with Gasteiger partial charge in [0.2, 0.25) is 0 Å². The average molecular weight is 140 g/mol. The Balaban J connectivity index is 2.07. The molecule has 1 fully saturated rings. The molecular formula is C8H14NO. The molecule has 1 atom stereocenters. The maximum absolute atomic E-state index is 9.90. The standard InChI is InChI=1S/C8H14NO/c10-6-2-4-8-3-1-5-9-7-8/h8-9H,1-5,7H2. The summed E-state index contributed by atoms with van der Waals surface area (Å²) in [5.41, 5.74) is 0. The lowest BCUT2D eigenvalue weighted by Gasteiger charge is -2.21. The second kappa shape index (κ2) is 4.45. The smallest absolute Gasteiger partial charge is 0.198 e. The van der Waals surface area contributed by atoms with E-state index in [0.29, 0.717) is 6.42 Å². The summed E-state index contributed by atoms with van der Waals surface area (Å²) in [6, 6.07) is 0. The number of rotatable bonds is 3. The van der Waals surface area contributed by atoms with Crippen molar-refractivity contribution in [3.63, 3.8) is 0 Å². The molecule has 0 spiro atoms. The number of carbonyl (C=O) groups excluding carboxylic acids is 1. The molecule has 1 saturated heterocycles. The van der Waals surface area contributed by atoms with Crippen LogP contribution in [0.4, 0.5) is 0 Å². The lowest BCUT2D eigenvalue weighted by molar-refractivity contribution is 0.360. The summed E-state index contributed by atoms with van der Waals surface area (Å²) in [6.07, 6.45) is 6.13. The van der Waals surface area contributed by atoms with Crippen molar-refractivity contribution in [2.75, 3.05) is 13.1 Å². The average Bonchev–Trinajstić information content (AvgIpc) is 2.03. The van der Waals surface area contributed by atoms with E-state index in [9.17, 15) is 4.79 Å². The molecule has 0 amide bonds. The van der Waals surface area contributed by atoms with Gasteiger partial charge in [-0.2, -0.15) is 0 Å². The van der Waals surface area contributed by atoms with E-state index in [4.69, 9.17) is 0 Å². The van der Waals surface area contributed by atoms with Crippen molar-refractivity contribution < 1.29 is 4.79 Å². The first-order valence-corrected chi connectivity index (χ1v) is 3.99. The van der Waals surface area contributed by atoms with Crippen LogP contribution in [0.2, 0.25) is 0 Å². The van der Waals surface area contributed by atoms with E-state index < -0.39 is 0 Å². The maximum Gasteiger partial charge on any atom is 0.198 e. The highest BCUT2D eigenvalue weighted by Gasteiger charge is 2.11. The summed E-state index contributed by atoms with van der Waals surface area (Å²) < 4.78 is 0. The van der Waals surface area contributed by atoms with Gasteiger partial charge in [-0.25, -0.2) is 0 Å². The van der Waals surface area contributed by atoms with Crippen molar-refractivity contribution >= 4 is 6.29 Å². The molecule has 0 aromatic heterocycles. The van der Waals surface area contributed by atoms with Crippen LogP contribution in [0.15, 0.2) is 0 Å². The van der Waals surface area contributed by atoms with Gasteiger partial charge in [0.15, 0.2) is 6.29 Å². The second-order valence-electron chi connectivity index (χ2n) is 2.90. The van der Waals surface area contributed by atoms with Crippen LogP contribution in [0.3, 0.4) is 0 Å². The number of nitrogens with one attached hydrogen (secondary N) is 1. The lowest BCUT2D eigenvalue weighted by atomic mass is 9.95. The van der Waals surface area contributed by atoms with Crippen molar-refractivity contribution in [1.29, 1.82) is 0 Å². The Morgan fingerprint density at radius 1 is 1.60 bits per heavy atom. The van der Waals surface area contributed by atoms with Gasteiger partial charge >= 0.3 is 0 Å². The fourth-order valence-electron chi connectivity index (χ4n) is 1.43. The van der Waals surface area contributed by atoms with Crippen LogP contribution in [0.25, 0.3) is 0 Å². The minimum absolute atomic E-state index is 0.617. The molecule has 2 heteroatoms. The van der Waals surface area contributed by atoms with Crippen molar-refractivity contribution in [2.24, 2.45) is 5.92 Å². The molecule has 57 valence electrons. The van der Waals surface area contributed by atoms with Crippen LogP contribution >= 0.6 is 0 Å². The maximum atomic E-state index is 9.90. The Morgan fingerprint density at radius 2 is 2.50 bits per heavy atom. The number of hydrogen-bond donors (Lipinski definition) is 1. The predicted octanol–water partition coefficient (Wildman–Crippen LogP) is 0.876. The van der Waals surface area contributed by atoms with Crippen molar-refractivity contribution in [1.82, 2.24) is 5.32 Å². The highest BCUT2D eigenvalue weighted by Crippen LogP contribution is 2.14. The van der Waals surface area contributed by atoms with Crippen LogP contribution in [0.5, 0.6) is 0 Å². The van der Waals surface area contributed by atoms with Crippen LogP contribution in [0, 0.1) is 5.92 Å². The highest BCUT2D eigenvalue weighted by molar-refractivity contribution is 5.50. The molecular weight excluding hydrogens is 126 g/mol. The molecule has 0 aromatic rings. The first-order valence-electron chi connectivity index (χ1n) is 3.99. The quantitative estimate of drug-likeness (QED) is 0.630. The molecule has 1 heterocycles. The first kappa shape index (κ1) is 7.73. The van der Waals surface area contributed by atoms with Gasteiger partial charge < -0.3 is 5.32 Å². The number of hydrogen-bond acceptors (Lipinski definition) is 2. The second-order valence-corrected chi connectivity index (χ2v) is 2.90. The Bertz CT molecular complexity index is 97.4. The van der Waals surface area contributed by atoms with Gasteiger partial charge in [-0.3, -0.25) is 4.79 Å². The minimum Gasteiger partial charge on any atom is -0.316 e. The summed E-state index contributed by atoms with van der Waals surface area (Å²) in [7, 11) is 0. The van der Waals surface area contributed by atoms with Crippen molar-refractivity contribution in [3.05, 3.63) is 0 Å². The van der Waals surface area contributed by atoms with Crippen LogP contribution < -0.4 is 5.32 Å². The SMILES string of the molecule is O=[C]CCC1CCCNC1. The summed E-state index contributed by atoms with van der Waals surface area (Å²) in [6.45, 7) is 2.25. The zero-order valence-corrected chi connectivity index (χ0v) is 6.23. The Hall–Kier alpha value is -0.370. The van der Waals surface area contributed by atoms with Gasteiger partial charge in [-0.15, -0.1) is 0 Å². The topological polar surface area (TPSA) is 29.1 Å². The summed E-state index contributed by atoms with van der Waals surface area (Å²) in [5, 5.41) is 3.31. The number of piperidine rings is 1. The van der Waals surface area contributed by atoms with E-state index in [1.807, 2.05) is 6.29 Å². The molecule has 1 aliphatic rings. The fraction of sp³-hybridized carbons (Fsp3) is 0.875. The van der Waals surface area contributed by atoms with E-state index in [2.05, 4.69) is 5.32 Å². The normalized spacial score (nSPS) is 26.2. The van der Waals surface area contributed by atoms with Gasteiger partial charge in [0.25, 0.3) is 0 Å². The molecule has 0 aromatic carbocycles. The minimum atomic E-state index is 0.617. The van der Waals surface area contributed by atoms with Crippen molar-refractivity contribution in [2.45, 2.75) is 25.7 Å². The zero-order valence-electron chi connectivity index (χ0n) is 6.23. The van der Waals surface area contributed by atoms with Gasteiger partial charge in [-0.1, -0.05) is 0 Å². The zero-order chi connectivity index (χ0) is 7.23. The lowest BCUT2D eigenvalue weighted by Crippen LogP contribution is -2.29. The molecule has 0 aliphatic carbocycles. The molecule has 0 bridgehead atoms. The van der Waals surface area contributed by atoms with Gasteiger partial charge in [0.05, 0.1) is 0 Å². The van der Waals surface area contributed by atoms with E-state index in [-0.39, 0.29) is 0 Å². The van der Waals surface area contributed by atoms with Gasteiger partial charge in [0, 0.05) is 6.42 Å². The molecule has 0 saturated carbocycles. The van der Waals surface area contributed by atoms with E-state index in [1.54, 1.807) is 0 Å². The molecule has 10 heavy (non-hydrogen) atoms. The van der Waals surface area contributed by atoms with E-state index >= 15 is 0 Å². The van der Waals surface area contributed by atoms with E-state index in [1.165, 1.54) is 12.8 Å². The third-order valence-electron chi connectivity index (χ3n) is 2.05. The Labute approximate surface area is 62.0 Å². The third-order valence-corrected chi connectivity index (χ3v) is 2.05. The molecule has 1 rings (SSSR count). The summed E-state index contributed by atoms with van der Waals surface area (Å²) >= 11 is 0. The van der Waals surface area contributed by atoms with E-state index in [0.717, 1.165) is 25.4 Å². The molecule has 1 radical (unpaired) electrons. The van der Waals surface area contributed by atoms with Gasteiger partial charge in [-0.05, 0) is 38.3 Å². The van der Waals surface area contributed by atoms with Crippen molar-refractivity contribution in [3.8, 4) is 0 Å². The Morgan fingerprint density at radius 3 is 3.10 bits per heavy atom. The molecule has 1 unspecified atom stereocenters. The Kier molecular flexibility index (Phi) is 3.44. The fourth-order valence-corrected chi connectivity index (χ4v) is 1.43. The summed E-state index contributed by atoms with van der Waals surface area (Å²) in [4.78, 5) is 9.90. The third kappa shape index (κ3) is 2.48. The summed E-state index contributed by atoms with van der Waals surface area (Å²) in [5.74, 6) is 0.732. The molecule has 1 aliphatic heterocycles. The van der Waals surface area contributed by atoms with Gasteiger partial charge in [0.1, 0.15) is 0 Å². The molecule has 1 N–H and O–H groups in total.